The average Bonchev–Trinajstić information content (AvgIpc) is 2.38. The number of hydrogen-bond acceptors (Lipinski definition) is 4. The molecule has 0 radical (unpaired) electrons. The number of rotatable bonds is 7. The number of nitrogens with one attached hydrogen (secondary N) is 1. The van der Waals surface area contributed by atoms with Gasteiger partial charge in [-0.3, -0.25) is 4.79 Å². The fourth-order valence-electron chi connectivity index (χ4n) is 2.02. The Morgan fingerprint density at radius 2 is 1.95 bits per heavy atom. The predicted molar refractivity (Wildman–Crippen MR) is 85.3 cm³/mol. The van der Waals surface area contributed by atoms with E-state index in [4.69, 9.17) is 5.73 Å². The van der Waals surface area contributed by atoms with Gasteiger partial charge in [0.15, 0.2) is 0 Å². The van der Waals surface area contributed by atoms with Gasteiger partial charge in [0.25, 0.3) is 5.91 Å². The molecule has 0 unspecified atom stereocenters. The molecule has 5 nitrogen and oxygen atoms in total. The molecule has 0 saturated heterocycles. The number of nitrogens with zero attached hydrogens (tertiary/aromatic N) is 2. The minimum absolute atomic E-state index is 0.0598. The van der Waals surface area contributed by atoms with E-state index in [1.807, 2.05) is 20.0 Å². The van der Waals surface area contributed by atoms with Crippen molar-refractivity contribution in [2.24, 2.45) is 0 Å². The number of anilines is 2. The maximum atomic E-state index is 11.9. The summed E-state index contributed by atoms with van der Waals surface area (Å²) in [6.07, 6.45) is 1.05. The number of amides is 1. The first-order valence-electron chi connectivity index (χ1n) is 6.99. The monoisotopic (exact) mass is 278 g/mol. The fraction of sp³-hybridized carbons (Fsp3) is 0.533. The van der Waals surface area contributed by atoms with E-state index in [0.717, 1.165) is 25.2 Å². The SMILES string of the molecule is CCNC(=O)c1ccc(N)c(N(C)CCCN(C)C)c1. The van der Waals surface area contributed by atoms with Crippen molar-refractivity contribution in [3.8, 4) is 0 Å². The number of hydrogen-bond donors (Lipinski definition) is 2. The smallest absolute Gasteiger partial charge is 0.251 e. The molecular formula is C15H26N4O. The van der Waals surface area contributed by atoms with E-state index in [-0.39, 0.29) is 5.91 Å². The van der Waals surface area contributed by atoms with Crippen molar-refractivity contribution >= 4 is 17.3 Å². The van der Waals surface area contributed by atoms with Crippen molar-refractivity contribution in [1.82, 2.24) is 10.2 Å². The van der Waals surface area contributed by atoms with E-state index < -0.39 is 0 Å². The van der Waals surface area contributed by atoms with Gasteiger partial charge in [-0.15, -0.1) is 0 Å². The second-order valence-electron chi connectivity index (χ2n) is 5.21. The van der Waals surface area contributed by atoms with Crippen LogP contribution in [-0.2, 0) is 0 Å². The Morgan fingerprint density at radius 3 is 2.55 bits per heavy atom. The van der Waals surface area contributed by atoms with Crippen LogP contribution in [0.2, 0.25) is 0 Å². The van der Waals surface area contributed by atoms with Gasteiger partial charge >= 0.3 is 0 Å². The molecule has 0 aliphatic carbocycles. The van der Waals surface area contributed by atoms with Gasteiger partial charge < -0.3 is 20.9 Å². The van der Waals surface area contributed by atoms with E-state index in [2.05, 4.69) is 29.2 Å². The van der Waals surface area contributed by atoms with Gasteiger partial charge in [-0.1, -0.05) is 0 Å². The van der Waals surface area contributed by atoms with Crippen LogP contribution in [0.25, 0.3) is 0 Å². The largest absolute Gasteiger partial charge is 0.397 e. The van der Waals surface area contributed by atoms with Crippen molar-refractivity contribution < 1.29 is 4.79 Å². The highest BCUT2D eigenvalue weighted by molar-refractivity contribution is 5.96. The molecule has 0 spiro atoms. The summed E-state index contributed by atoms with van der Waals surface area (Å²) in [5.74, 6) is -0.0598. The molecule has 0 saturated carbocycles. The van der Waals surface area contributed by atoms with Gasteiger partial charge in [0, 0.05) is 25.7 Å². The predicted octanol–water partition coefficient (Wildman–Crippen LogP) is 1.41. The summed E-state index contributed by atoms with van der Waals surface area (Å²) >= 11 is 0. The van der Waals surface area contributed by atoms with Crippen molar-refractivity contribution in [2.75, 3.05) is 51.4 Å². The van der Waals surface area contributed by atoms with Gasteiger partial charge in [0.2, 0.25) is 0 Å². The van der Waals surface area contributed by atoms with Crippen molar-refractivity contribution in [2.45, 2.75) is 13.3 Å². The molecule has 0 heterocycles. The standard InChI is InChI=1S/C15H26N4O/c1-5-17-15(20)12-7-8-13(16)14(11-12)19(4)10-6-9-18(2)3/h7-8,11H,5-6,9-10,16H2,1-4H3,(H,17,20). The van der Waals surface area contributed by atoms with E-state index >= 15 is 0 Å². The third-order valence-electron chi connectivity index (χ3n) is 3.14. The van der Waals surface area contributed by atoms with E-state index in [1.165, 1.54) is 0 Å². The minimum Gasteiger partial charge on any atom is -0.397 e. The zero-order valence-electron chi connectivity index (χ0n) is 12.9. The van der Waals surface area contributed by atoms with E-state index in [0.29, 0.717) is 17.8 Å². The van der Waals surface area contributed by atoms with Crippen LogP contribution in [0.5, 0.6) is 0 Å². The van der Waals surface area contributed by atoms with Crippen molar-refractivity contribution in [1.29, 1.82) is 0 Å². The molecule has 1 amide bonds. The third kappa shape index (κ3) is 4.74. The zero-order valence-corrected chi connectivity index (χ0v) is 12.9. The Kier molecular flexibility index (Phi) is 6.31. The summed E-state index contributed by atoms with van der Waals surface area (Å²) in [7, 11) is 6.12. The highest BCUT2D eigenvalue weighted by atomic mass is 16.1. The maximum absolute atomic E-state index is 11.9. The molecule has 0 bridgehead atoms. The van der Waals surface area contributed by atoms with Gasteiger partial charge in [0.1, 0.15) is 0 Å². The third-order valence-corrected chi connectivity index (χ3v) is 3.14. The summed E-state index contributed by atoms with van der Waals surface area (Å²) in [6.45, 7) is 4.46. The van der Waals surface area contributed by atoms with E-state index in [9.17, 15) is 4.79 Å². The number of carbonyl (C=O) groups excluding carboxylic acids is 1. The summed E-state index contributed by atoms with van der Waals surface area (Å²) in [5.41, 5.74) is 8.27. The molecule has 1 aromatic rings. The molecule has 3 N–H and O–H groups in total. The topological polar surface area (TPSA) is 61.6 Å². The van der Waals surface area contributed by atoms with Gasteiger partial charge in [-0.25, -0.2) is 0 Å². The average molecular weight is 278 g/mol. The first-order chi connectivity index (χ1) is 9.45. The van der Waals surface area contributed by atoms with Crippen LogP contribution in [0, 0.1) is 0 Å². The number of benzene rings is 1. The summed E-state index contributed by atoms with van der Waals surface area (Å²) in [6, 6.07) is 5.41. The van der Waals surface area contributed by atoms with Gasteiger partial charge in [-0.05, 0) is 52.2 Å². The molecular weight excluding hydrogens is 252 g/mol. The molecule has 0 aliphatic rings. The molecule has 1 aromatic carbocycles. The molecule has 20 heavy (non-hydrogen) atoms. The number of nitrogens with two attached hydrogens (primary N) is 1. The van der Waals surface area contributed by atoms with Crippen LogP contribution in [0.1, 0.15) is 23.7 Å². The number of nitrogen functional groups attached to an aromatic ring is 1. The van der Waals surface area contributed by atoms with Crippen LogP contribution in [-0.4, -0.2) is 51.6 Å². The van der Waals surface area contributed by atoms with Crippen LogP contribution < -0.4 is 16.0 Å². The van der Waals surface area contributed by atoms with Crippen LogP contribution in [0.4, 0.5) is 11.4 Å². The summed E-state index contributed by atoms with van der Waals surface area (Å²) in [4.78, 5) is 16.1. The fourth-order valence-corrected chi connectivity index (χ4v) is 2.02. The quantitative estimate of drug-likeness (QED) is 0.740. The Bertz CT molecular complexity index is 445. The lowest BCUT2D eigenvalue weighted by Crippen LogP contribution is -2.25. The normalized spacial score (nSPS) is 10.7. The molecule has 112 valence electrons. The molecule has 0 fully saturated rings. The summed E-state index contributed by atoms with van der Waals surface area (Å²) in [5, 5.41) is 2.80. The Hall–Kier alpha value is -1.75. The maximum Gasteiger partial charge on any atom is 0.251 e. The van der Waals surface area contributed by atoms with Crippen molar-refractivity contribution in [3.05, 3.63) is 23.8 Å². The van der Waals surface area contributed by atoms with Crippen LogP contribution in [0.3, 0.4) is 0 Å². The second-order valence-corrected chi connectivity index (χ2v) is 5.21. The van der Waals surface area contributed by atoms with Crippen molar-refractivity contribution in [3.63, 3.8) is 0 Å². The Morgan fingerprint density at radius 1 is 1.25 bits per heavy atom. The first-order valence-corrected chi connectivity index (χ1v) is 6.99. The Labute approximate surface area is 121 Å². The zero-order chi connectivity index (χ0) is 15.1. The molecule has 5 heteroatoms. The molecule has 0 aromatic heterocycles. The van der Waals surface area contributed by atoms with Crippen LogP contribution in [0.15, 0.2) is 18.2 Å². The lowest BCUT2D eigenvalue weighted by atomic mass is 10.1. The van der Waals surface area contributed by atoms with Gasteiger partial charge in [0.05, 0.1) is 11.4 Å². The highest BCUT2D eigenvalue weighted by Gasteiger charge is 2.10. The molecule has 0 aliphatic heterocycles. The molecule has 1 rings (SSSR count). The molecule has 0 atom stereocenters. The Balaban J connectivity index is 2.77. The summed E-state index contributed by atoms with van der Waals surface area (Å²) < 4.78 is 0. The first kappa shape index (κ1) is 16.3. The lowest BCUT2D eigenvalue weighted by Gasteiger charge is -2.22. The number of carbonyl (C=O) groups is 1. The lowest BCUT2D eigenvalue weighted by molar-refractivity contribution is 0.0956. The highest BCUT2D eigenvalue weighted by Crippen LogP contribution is 2.23. The minimum atomic E-state index is -0.0598. The van der Waals surface area contributed by atoms with Crippen LogP contribution >= 0.6 is 0 Å². The van der Waals surface area contributed by atoms with E-state index in [1.54, 1.807) is 12.1 Å². The van der Waals surface area contributed by atoms with Gasteiger partial charge in [-0.2, -0.15) is 0 Å². The second kappa shape index (κ2) is 7.75.